The average molecular weight is 337 g/mol. The lowest BCUT2D eigenvalue weighted by atomic mass is 9.96. The Kier molecular flexibility index (Phi) is 8.09. The van der Waals surface area contributed by atoms with Crippen LogP contribution >= 0.6 is 12.4 Å². The van der Waals surface area contributed by atoms with Gasteiger partial charge < -0.3 is 10.5 Å². The molecule has 1 aliphatic heterocycles. The van der Waals surface area contributed by atoms with Crippen LogP contribution in [0.15, 0.2) is 35.5 Å². The topological polar surface area (TPSA) is 88.7 Å². The van der Waals surface area contributed by atoms with Gasteiger partial charge in [-0.2, -0.15) is 5.26 Å². The maximum absolute atomic E-state index is 11.5. The van der Waals surface area contributed by atoms with E-state index >= 15 is 0 Å². The highest BCUT2D eigenvalue weighted by atomic mass is 35.5. The van der Waals surface area contributed by atoms with E-state index in [0.29, 0.717) is 12.5 Å². The van der Waals surface area contributed by atoms with Crippen molar-refractivity contribution in [1.82, 2.24) is 10.2 Å². The van der Waals surface area contributed by atoms with Crippen LogP contribution in [-0.2, 0) is 11.3 Å². The van der Waals surface area contributed by atoms with Crippen LogP contribution in [0.3, 0.4) is 0 Å². The smallest absolute Gasteiger partial charge is 0.284 e. The van der Waals surface area contributed by atoms with Gasteiger partial charge in [0, 0.05) is 13.1 Å². The first-order valence-corrected chi connectivity index (χ1v) is 7.39. The van der Waals surface area contributed by atoms with Gasteiger partial charge in [-0.05, 0) is 37.4 Å². The Bertz CT molecular complexity index is 563. The van der Waals surface area contributed by atoms with Gasteiger partial charge in [0.05, 0.1) is 0 Å². The second-order valence-corrected chi connectivity index (χ2v) is 5.48. The molecular formula is C16H21ClN4O2. The van der Waals surface area contributed by atoms with Crippen LogP contribution in [0, 0.1) is 17.2 Å². The molecule has 1 saturated heterocycles. The molecule has 0 aromatic heterocycles. The first-order valence-electron chi connectivity index (χ1n) is 7.39. The molecule has 0 saturated carbocycles. The van der Waals surface area contributed by atoms with E-state index < -0.39 is 11.6 Å². The van der Waals surface area contributed by atoms with Gasteiger partial charge in [0.2, 0.25) is 5.71 Å². The summed E-state index contributed by atoms with van der Waals surface area (Å²) in [6, 6.07) is 11.9. The molecule has 2 N–H and O–H groups in total. The molecule has 6 nitrogen and oxygen atoms in total. The summed E-state index contributed by atoms with van der Waals surface area (Å²) < 4.78 is 0. The fourth-order valence-corrected chi connectivity index (χ4v) is 2.63. The number of carbonyl (C=O) groups is 1. The summed E-state index contributed by atoms with van der Waals surface area (Å²) in [7, 11) is 0. The number of oxime groups is 1. The number of benzene rings is 1. The second kappa shape index (κ2) is 9.82. The van der Waals surface area contributed by atoms with Crippen LogP contribution in [0.4, 0.5) is 0 Å². The predicted octanol–water partition coefficient (Wildman–Crippen LogP) is 1.79. The summed E-state index contributed by atoms with van der Waals surface area (Å²) in [5.41, 5.74) is 0.814. The zero-order chi connectivity index (χ0) is 15.8. The summed E-state index contributed by atoms with van der Waals surface area (Å²) in [4.78, 5) is 13.9. The Morgan fingerprint density at radius 3 is 2.57 bits per heavy atom. The zero-order valence-electron chi connectivity index (χ0n) is 12.8. The first kappa shape index (κ1) is 18.9. The van der Waals surface area contributed by atoms with Gasteiger partial charge in [-0.1, -0.05) is 35.5 Å². The van der Waals surface area contributed by atoms with Crippen molar-refractivity contribution >= 4 is 24.0 Å². The van der Waals surface area contributed by atoms with Crippen LogP contribution in [0.25, 0.3) is 0 Å². The molecule has 1 aromatic carbocycles. The Hall–Kier alpha value is -2.10. The number of nitriles is 1. The van der Waals surface area contributed by atoms with Crippen molar-refractivity contribution in [2.45, 2.75) is 19.4 Å². The van der Waals surface area contributed by atoms with Gasteiger partial charge >= 0.3 is 0 Å². The first-order chi connectivity index (χ1) is 10.7. The molecular weight excluding hydrogens is 316 g/mol. The van der Waals surface area contributed by atoms with Crippen molar-refractivity contribution in [2.24, 2.45) is 11.1 Å². The van der Waals surface area contributed by atoms with Crippen molar-refractivity contribution in [3.8, 4) is 6.07 Å². The van der Waals surface area contributed by atoms with Gasteiger partial charge in [0.25, 0.3) is 5.91 Å². The van der Waals surface area contributed by atoms with Gasteiger partial charge in [-0.25, -0.2) is 0 Å². The van der Waals surface area contributed by atoms with Gasteiger partial charge in [-0.15, -0.1) is 12.4 Å². The standard InChI is InChI=1S/C16H20N4O2.ClH/c17-10-15(19-22)16(21)18-11-13-6-8-20(9-7-13)12-14-4-2-1-3-5-14;/h1-5,13,22H,6-9,11-12H2,(H,18,21);1H. The number of amides is 1. The molecule has 0 unspecified atom stereocenters. The molecule has 0 aliphatic carbocycles. The molecule has 1 aliphatic rings. The normalized spacial score (nSPS) is 16.2. The highest BCUT2D eigenvalue weighted by Gasteiger charge is 2.20. The van der Waals surface area contributed by atoms with Crippen molar-refractivity contribution in [3.05, 3.63) is 35.9 Å². The molecule has 7 heteroatoms. The number of nitrogens with zero attached hydrogens (tertiary/aromatic N) is 3. The fourth-order valence-electron chi connectivity index (χ4n) is 2.63. The summed E-state index contributed by atoms with van der Waals surface area (Å²) in [5, 5.41) is 22.4. The third-order valence-electron chi connectivity index (χ3n) is 3.93. The van der Waals surface area contributed by atoms with E-state index in [1.807, 2.05) is 18.2 Å². The van der Waals surface area contributed by atoms with Crippen molar-refractivity contribution in [2.75, 3.05) is 19.6 Å². The van der Waals surface area contributed by atoms with Crippen LogP contribution in [0.5, 0.6) is 0 Å². The second-order valence-electron chi connectivity index (χ2n) is 5.48. The number of hydrogen-bond acceptors (Lipinski definition) is 5. The minimum absolute atomic E-state index is 0. The van der Waals surface area contributed by atoms with E-state index in [9.17, 15) is 4.79 Å². The molecule has 1 aromatic rings. The fraction of sp³-hybridized carbons (Fsp3) is 0.438. The van der Waals surface area contributed by atoms with Crippen molar-refractivity contribution in [3.63, 3.8) is 0 Å². The molecule has 1 amide bonds. The maximum Gasteiger partial charge on any atom is 0.284 e. The summed E-state index contributed by atoms with van der Waals surface area (Å²) in [6.07, 6.45) is 2.01. The molecule has 2 rings (SSSR count). The molecule has 0 radical (unpaired) electrons. The third kappa shape index (κ3) is 5.89. The monoisotopic (exact) mass is 336 g/mol. The number of rotatable bonds is 5. The van der Waals surface area contributed by atoms with E-state index in [1.54, 1.807) is 6.07 Å². The molecule has 23 heavy (non-hydrogen) atoms. The average Bonchev–Trinajstić information content (AvgIpc) is 2.56. The summed E-state index contributed by atoms with van der Waals surface area (Å²) in [5.74, 6) is -0.216. The minimum atomic E-state index is -0.614. The molecule has 1 fully saturated rings. The Morgan fingerprint density at radius 2 is 2.00 bits per heavy atom. The summed E-state index contributed by atoms with van der Waals surface area (Å²) in [6.45, 7) is 3.46. The predicted molar refractivity (Wildman–Crippen MR) is 89.5 cm³/mol. The largest absolute Gasteiger partial charge is 0.410 e. The highest BCUT2D eigenvalue weighted by Crippen LogP contribution is 2.18. The van der Waals surface area contributed by atoms with Gasteiger partial charge in [-0.3, -0.25) is 9.69 Å². The van der Waals surface area contributed by atoms with E-state index in [2.05, 4.69) is 27.5 Å². The molecule has 124 valence electrons. The Balaban J connectivity index is 0.00000264. The summed E-state index contributed by atoms with van der Waals surface area (Å²) >= 11 is 0. The third-order valence-corrected chi connectivity index (χ3v) is 3.93. The maximum atomic E-state index is 11.5. The molecule has 0 spiro atoms. The molecule has 0 bridgehead atoms. The lowest BCUT2D eigenvalue weighted by Crippen LogP contribution is -2.40. The SMILES string of the molecule is Cl.N#CC(=NO)C(=O)NCC1CCN(Cc2ccccc2)CC1. The quantitative estimate of drug-likeness (QED) is 0.487. The van der Waals surface area contributed by atoms with E-state index in [0.717, 1.165) is 32.5 Å². The highest BCUT2D eigenvalue weighted by molar-refractivity contribution is 6.44. The number of halogens is 1. The minimum Gasteiger partial charge on any atom is -0.410 e. The van der Waals surface area contributed by atoms with E-state index in [1.165, 1.54) is 5.56 Å². The number of nitrogens with one attached hydrogen (secondary N) is 1. The lowest BCUT2D eigenvalue weighted by molar-refractivity contribution is -0.115. The number of carbonyl (C=O) groups excluding carboxylic acids is 1. The van der Waals surface area contributed by atoms with Crippen molar-refractivity contribution in [1.29, 1.82) is 5.26 Å². The van der Waals surface area contributed by atoms with Crippen LogP contribution in [0.1, 0.15) is 18.4 Å². The number of hydrogen-bond donors (Lipinski definition) is 2. The van der Waals surface area contributed by atoms with E-state index in [4.69, 9.17) is 10.5 Å². The van der Waals surface area contributed by atoms with Gasteiger partial charge in [0.15, 0.2) is 0 Å². The lowest BCUT2D eigenvalue weighted by Gasteiger charge is -2.32. The zero-order valence-corrected chi connectivity index (χ0v) is 13.6. The Labute approximate surface area is 142 Å². The van der Waals surface area contributed by atoms with Crippen LogP contribution in [-0.4, -0.2) is 41.4 Å². The van der Waals surface area contributed by atoms with Crippen LogP contribution in [0.2, 0.25) is 0 Å². The van der Waals surface area contributed by atoms with E-state index in [-0.39, 0.29) is 12.4 Å². The number of likely N-dealkylation sites (tertiary alicyclic amines) is 1. The van der Waals surface area contributed by atoms with Crippen LogP contribution < -0.4 is 5.32 Å². The Morgan fingerprint density at radius 1 is 1.35 bits per heavy atom. The number of piperidine rings is 1. The van der Waals surface area contributed by atoms with Gasteiger partial charge in [0.1, 0.15) is 6.07 Å². The molecule has 0 atom stereocenters. The molecule has 1 heterocycles. The van der Waals surface area contributed by atoms with Crippen molar-refractivity contribution < 1.29 is 10.0 Å².